The molecule has 2 N–H and O–H groups in total. The van der Waals surface area contributed by atoms with Gasteiger partial charge in [-0.05, 0) is 38.5 Å². The topological polar surface area (TPSA) is 70.1 Å². The van der Waals surface area contributed by atoms with E-state index in [0.717, 1.165) is 5.56 Å². The first-order chi connectivity index (χ1) is 8.78. The Hall–Kier alpha value is -2.02. The van der Waals surface area contributed by atoms with Gasteiger partial charge in [0.2, 0.25) is 5.91 Å². The van der Waals surface area contributed by atoms with Gasteiger partial charge in [-0.3, -0.25) is 4.79 Å². The van der Waals surface area contributed by atoms with E-state index in [1.807, 2.05) is 26.0 Å². The molecule has 19 heavy (non-hydrogen) atoms. The van der Waals surface area contributed by atoms with Gasteiger partial charge in [0.1, 0.15) is 0 Å². The molecule has 0 saturated heterocycles. The second-order valence-electron chi connectivity index (χ2n) is 5.46. The Bertz CT molecular complexity index is 485. The minimum absolute atomic E-state index is 0.000582. The number of nitrogens with two attached hydrogens (primary N) is 1. The lowest BCUT2D eigenvalue weighted by Gasteiger charge is -2.30. The molecule has 0 heterocycles. The van der Waals surface area contributed by atoms with E-state index < -0.39 is 5.41 Å². The van der Waals surface area contributed by atoms with Gasteiger partial charge >= 0.3 is 0 Å². The molecule has 1 aromatic carbocycles. The SMILES string of the molecule is CC(C#N)CN(C)C(=O)C(C)(C)c1ccc(N)cc1. The van der Waals surface area contributed by atoms with Crippen LogP contribution in [0.5, 0.6) is 0 Å². The summed E-state index contributed by atoms with van der Waals surface area (Å²) in [6, 6.07) is 9.47. The molecular weight excluding hydrogens is 238 g/mol. The summed E-state index contributed by atoms with van der Waals surface area (Å²) in [5, 5.41) is 8.81. The third-order valence-electron chi connectivity index (χ3n) is 3.28. The highest BCUT2D eigenvalue weighted by Gasteiger charge is 2.32. The van der Waals surface area contributed by atoms with Crippen molar-refractivity contribution in [2.75, 3.05) is 19.3 Å². The Morgan fingerprint density at radius 2 is 1.95 bits per heavy atom. The molecule has 4 heteroatoms. The number of rotatable bonds is 4. The monoisotopic (exact) mass is 259 g/mol. The molecule has 0 radical (unpaired) electrons. The summed E-state index contributed by atoms with van der Waals surface area (Å²) in [5.74, 6) is -0.171. The zero-order valence-corrected chi connectivity index (χ0v) is 12.0. The fourth-order valence-electron chi connectivity index (χ4n) is 2.03. The summed E-state index contributed by atoms with van der Waals surface area (Å²) in [4.78, 5) is 14.1. The second kappa shape index (κ2) is 5.75. The summed E-state index contributed by atoms with van der Waals surface area (Å²) in [7, 11) is 1.73. The number of nitriles is 1. The van der Waals surface area contributed by atoms with Gasteiger partial charge in [-0.25, -0.2) is 0 Å². The van der Waals surface area contributed by atoms with E-state index in [1.165, 1.54) is 0 Å². The summed E-state index contributed by atoms with van der Waals surface area (Å²) >= 11 is 0. The lowest BCUT2D eigenvalue weighted by atomic mass is 9.83. The Kier molecular flexibility index (Phi) is 4.55. The highest BCUT2D eigenvalue weighted by molar-refractivity contribution is 5.87. The molecule has 0 aliphatic rings. The van der Waals surface area contributed by atoms with Crippen LogP contribution in [0.1, 0.15) is 26.3 Å². The van der Waals surface area contributed by atoms with Crippen molar-refractivity contribution in [1.82, 2.24) is 4.90 Å². The van der Waals surface area contributed by atoms with Gasteiger partial charge in [0, 0.05) is 19.3 Å². The number of amides is 1. The van der Waals surface area contributed by atoms with E-state index in [1.54, 1.807) is 31.0 Å². The van der Waals surface area contributed by atoms with Crippen LogP contribution >= 0.6 is 0 Å². The van der Waals surface area contributed by atoms with Crippen molar-refractivity contribution in [3.8, 4) is 6.07 Å². The van der Waals surface area contributed by atoms with Gasteiger partial charge < -0.3 is 10.6 Å². The molecule has 1 amide bonds. The largest absolute Gasteiger partial charge is 0.399 e. The highest BCUT2D eigenvalue weighted by atomic mass is 16.2. The van der Waals surface area contributed by atoms with Crippen LogP contribution in [0.15, 0.2) is 24.3 Å². The maximum Gasteiger partial charge on any atom is 0.232 e. The molecular formula is C15H21N3O. The van der Waals surface area contributed by atoms with Crippen molar-refractivity contribution >= 4 is 11.6 Å². The molecule has 0 bridgehead atoms. The Balaban J connectivity index is 2.90. The molecule has 102 valence electrons. The van der Waals surface area contributed by atoms with E-state index in [0.29, 0.717) is 12.2 Å². The molecule has 0 fully saturated rings. The minimum Gasteiger partial charge on any atom is -0.399 e. The zero-order valence-electron chi connectivity index (χ0n) is 12.0. The van der Waals surface area contributed by atoms with Crippen LogP contribution in [0.2, 0.25) is 0 Å². The summed E-state index contributed by atoms with van der Waals surface area (Å²) in [5.41, 5.74) is 6.63. The van der Waals surface area contributed by atoms with Crippen molar-refractivity contribution in [3.05, 3.63) is 29.8 Å². The number of benzene rings is 1. The summed E-state index contributed by atoms with van der Waals surface area (Å²) < 4.78 is 0. The predicted molar refractivity (Wildman–Crippen MR) is 76.3 cm³/mol. The van der Waals surface area contributed by atoms with Crippen LogP contribution in [0.4, 0.5) is 5.69 Å². The molecule has 1 atom stereocenters. The minimum atomic E-state index is -0.627. The normalized spacial score (nSPS) is 12.6. The molecule has 0 aromatic heterocycles. The van der Waals surface area contributed by atoms with E-state index in [9.17, 15) is 4.79 Å². The number of carbonyl (C=O) groups excluding carboxylic acids is 1. The molecule has 0 saturated carbocycles. The number of likely N-dealkylation sites (N-methyl/N-ethyl adjacent to an activating group) is 1. The van der Waals surface area contributed by atoms with Crippen molar-refractivity contribution in [2.24, 2.45) is 5.92 Å². The molecule has 1 aromatic rings. The van der Waals surface area contributed by atoms with Crippen molar-refractivity contribution < 1.29 is 4.79 Å². The Labute approximate surface area is 114 Å². The average molecular weight is 259 g/mol. The molecule has 1 unspecified atom stereocenters. The zero-order chi connectivity index (χ0) is 14.6. The molecule has 0 spiro atoms. The molecule has 0 aliphatic carbocycles. The number of nitrogens with zero attached hydrogens (tertiary/aromatic N) is 2. The number of hydrogen-bond donors (Lipinski definition) is 1. The summed E-state index contributed by atoms with van der Waals surface area (Å²) in [6.45, 7) is 6.01. The van der Waals surface area contributed by atoms with Crippen molar-refractivity contribution in [2.45, 2.75) is 26.2 Å². The quantitative estimate of drug-likeness (QED) is 0.842. The fourth-order valence-corrected chi connectivity index (χ4v) is 2.03. The van der Waals surface area contributed by atoms with Crippen molar-refractivity contribution in [3.63, 3.8) is 0 Å². The van der Waals surface area contributed by atoms with Crippen LogP contribution in [0.25, 0.3) is 0 Å². The number of hydrogen-bond acceptors (Lipinski definition) is 3. The third-order valence-corrected chi connectivity index (χ3v) is 3.28. The van der Waals surface area contributed by atoms with E-state index in [4.69, 9.17) is 11.0 Å². The van der Waals surface area contributed by atoms with Crippen LogP contribution < -0.4 is 5.73 Å². The predicted octanol–water partition coefficient (Wildman–Crippen LogP) is 2.16. The van der Waals surface area contributed by atoms with Crippen molar-refractivity contribution in [1.29, 1.82) is 5.26 Å². The van der Waals surface area contributed by atoms with Crippen LogP contribution in [-0.2, 0) is 10.2 Å². The lowest BCUT2D eigenvalue weighted by molar-refractivity contribution is -0.135. The summed E-state index contributed by atoms with van der Waals surface area (Å²) in [6.07, 6.45) is 0. The van der Waals surface area contributed by atoms with E-state index in [-0.39, 0.29) is 11.8 Å². The molecule has 4 nitrogen and oxygen atoms in total. The molecule has 0 aliphatic heterocycles. The number of anilines is 1. The fraction of sp³-hybridized carbons (Fsp3) is 0.467. The van der Waals surface area contributed by atoms with Gasteiger partial charge in [-0.2, -0.15) is 5.26 Å². The Morgan fingerprint density at radius 1 is 1.42 bits per heavy atom. The lowest BCUT2D eigenvalue weighted by Crippen LogP contribution is -2.42. The number of carbonyl (C=O) groups is 1. The van der Waals surface area contributed by atoms with E-state index in [2.05, 4.69) is 6.07 Å². The number of nitrogen functional groups attached to an aromatic ring is 1. The molecule has 1 rings (SSSR count). The van der Waals surface area contributed by atoms with Crippen LogP contribution in [-0.4, -0.2) is 24.4 Å². The highest BCUT2D eigenvalue weighted by Crippen LogP contribution is 2.26. The second-order valence-corrected chi connectivity index (χ2v) is 5.46. The standard InChI is InChI=1S/C15H21N3O/c1-11(9-16)10-18(4)14(19)15(2,3)12-5-7-13(17)8-6-12/h5-8,11H,10,17H2,1-4H3. The van der Waals surface area contributed by atoms with Gasteiger partial charge in [-0.1, -0.05) is 12.1 Å². The first-order valence-electron chi connectivity index (χ1n) is 6.30. The van der Waals surface area contributed by atoms with Gasteiger partial charge in [-0.15, -0.1) is 0 Å². The van der Waals surface area contributed by atoms with Gasteiger partial charge in [0.05, 0.1) is 17.4 Å². The Morgan fingerprint density at radius 3 is 2.42 bits per heavy atom. The van der Waals surface area contributed by atoms with E-state index >= 15 is 0 Å². The van der Waals surface area contributed by atoms with Gasteiger partial charge in [0.15, 0.2) is 0 Å². The van der Waals surface area contributed by atoms with Crippen LogP contribution in [0.3, 0.4) is 0 Å². The van der Waals surface area contributed by atoms with Crippen LogP contribution in [0, 0.1) is 17.2 Å². The maximum absolute atomic E-state index is 12.5. The first kappa shape index (κ1) is 15.0. The van der Waals surface area contributed by atoms with Gasteiger partial charge in [0.25, 0.3) is 0 Å². The maximum atomic E-state index is 12.5. The smallest absolute Gasteiger partial charge is 0.232 e. The average Bonchev–Trinajstić information content (AvgIpc) is 2.38. The third kappa shape index (κ3) is 3.47. The first-order valence-corrected chi connectivity index (χ1v) is 6.30.